The molecule has 0 aliphatic heterocycles. The molecular formula is C16H12ClNO2S. The lowest BCUT2D eigenvalue weighted by atomic mass is 10.1. The summed E-state index contributed by atoms with van der Waals surface area (Å²) >= 11 is 5.79. The van der Waals surface area contributed by atoms with Gasteiger partial charge in [-0.2, -0.15) is 5.26 Å². The molecule has 3 rings (SSSR count). The molecule has 0 amide bonds. The molecule has 1 aliphatic rings. The molecule has 1 aliphatic carbocycles. The van der Waals surface area contributed by atoms with Crippen molar-refractivity contribution in [1.82, 2.24) is 0 Å². The summed E-state index contributed by atoms with van der Waals surface area (Å²) in [6.45, 7) is 0. The zero-order chi connectivity index (χ0) is 15.0. The molecule has 106 valence electrons. The van der Waals surface area contributed by atoms with Gasteiger partial charge in [0.1, 0.15) is 0 Å². The van der Waals surface area contributed by atoms with Gasteiger partial charge in [-0.05, 0) is 29.8 Å². The molecule has 0 unspecified atom stereocenters. The lowest BCUT2D eigenvalue weighted by Crippen LogP contribution is -2.10. The van der Waals surface area contributed by atoms with E-state index in [1.165, 1.54) is 12.1 Å². The van der Waals surface area contributed by atoms with Crippen LogP contribution in [0.4, 0.5) is 0 Å². The summed E-state index contributed by atoms with van der Waals surface area (Å²) in [5.74, 6) is -0.745. The van der Waals surface area contributed by atoms with Gasteiger partial charge in [0, 0.05) is 10.9 Å². The summed E-state index contributed by atoms with van der Waals surface area (Å²) in [6, 6.07) is 17.5. The van der Waals surface area contributed by atoms with Crippen molar-refractivity contribution in [3.63, 3.8) is 0 Å². The predicted molar refractivity (Wildman–Crippen MR) is 80.7 cm³/mol. The molecule has 0 bridgehead atoms. The molecule has 5 heteroatoms. The Bertz CT molecular complexity index is 794. The van der Waals surface area contributed by atoms with Crippen LogP contribution < -0.4 is 0 Å². The number of halogens is 1. The Balaban J connectivity index is 1.97. The zero-order valence-electron chi connectivity index (χ0n) is 11.0. The van der Waals surface area contributed by atoms with Crippen molar-refractivity contribution < 1.29 is 8.42 Å². The van der Waals surface area contributed by atoms with Gasteiger partial charge < -0.3 is 0 Å². The van der Waals surface area contributed by atoms with Gasteiger partial charge >= 0.3 is 0 Å². The van der Waals surface area contributed by atoms with Gasteiger partial charge in [-0.3, -0.25) is 0 Å². The minimum absolute atomic E-state index is 0.218. The Morgan fingerprint density at radius 2 is 1.62 bits per heavy atom. The van der Waals surface area contributed by atoms with Crippen LogP contribution in [0.25, 0.3) is 0 Å². The van der Waals surface area contributed by atoms with Crippen molar-refractivity contribution in [2.45, 2.75) is 16.1 Å². The van der Waals surface area contributed by atoms with Crippen LogP contribution in [0.3, 0.4) is 0 Å². The van der Waals surface area contributed by atoms with Crippen molar-refractivity contribution in [2.75, 3.05) is 0 Å². The summed E-state index contributed by atoms with van der Waals surface area (Å²) in [5, 5.41) is 9.04. The van der Waals surface area contributed by atoms with E-state index in [9.17, 15) is 13.7 Å². The fourth-order valence-corrected chi connectivity index (χ4v) is 4.87. The molecular weight excluding hydrogens is 306 g/mol. The van der Waals surface area contributed by atoms with Crippen LogP contribution in [0.5, 0.6) is 0 Å². The Labute approximate surface area is 128 Å². The van der Waals surface area contributed by atoms with E-state index in [0.717, 1.165) is 5.56 Å². The zero-order valence-corrected chi connectivity index (χ0v) is 12.6. The second-order valence-electron chi connectivity index (χ2n) is 5.05. The number of benzene rings is 2. The Kier molecular flexibility index (Phi) is 3.48. The van der Waals surface area contributed by atoms with Crippen LogP contribution >= 0.6 is 11.6 Å². The van der Waals surface area contributed by atoms with Crippen LogP contribution in [0.1, 0.15) is 11.5 Å². The number of nitrogens with zero attached hydrogens (tertiary/aromatic N) is 1. The fraction of sp³-hybridized carbons (Fsp3) is 0.188. The number of sulfone groups is 1. The van der Waals surface area contributed by atoms with Crippen molar-refractivity contribution in [2.24, 2.45) is 5.92 Å². The van der Waals surface area contributed by atoms with Crippen molar-refractivity contribution >= 4 is 21.4 Å². The number of hydrogen-bond donors (Lipinski definition) is 0. The van der Waals surface area contributed by atoms with Gasteiger partial charge in [0.2, 0.25) is 0 Å². The minimum atomic E-state index is -3.52. The van der Waals surface area contributed by atoms with Crippen LogP contribution in [0.15, 0.2) is 59.5 Å². The van der Waals surface area contributed by atoms with Crippen molar-refractivity contribution in [3.8, 4) is 6.07 Å². The first-order valence-electron chi connectivity index (χ1n) is 6.50. The summed E-state index contributed by atoms with van der Waals surface area (Å²) in [7, 11) is -3.52. The lowest BCUT2D eigenvalue weighted by Gasteiger charge is -2.04. The van der Waals surface area contributed by atoms with E-state index in [2.05, 4.69) is 6.07 Å². The highest BCUT2D eigenvalue weighted by Crippen LogP contribution is 2.53. The number of rotatable bonds is 3. The van der Waals surface area contributed by atoms with E-state index in [4.69, 9.17) is 11.6 Å². The second-order valence-corrected chi connectivity index (χ2v) is 7.60. The van der Waals surface area contributed by atoms with Crippen LogP contribution in [0.2, 0.25) is 5.02 Å². The molecule has 2 aromatic rings. The van der Waals surface area contributed by atoms with E-state index in [1.807, 2.05) is 30.3 Å². The molecule has 1 saturated carbocycles. The third-order valence-corrected chi connectivity index (χ3v) is 6.27. The van der Waals surface area contributed by atoms with Gasteiger partial charge in [0.05, 0.1) is 22.1 Å². The second kappa shape index (κ2) is 5.18. The van der Waals surface area contributed by atoms with Crippen LogP contribution in [-0.4, -0.2) is 13.7 Å². The van der Waals surface area contributed by atoms with Gasteiger partial charge in [-0.15, -0.1) is 0 Å². The molecule has 1 fully saturated rings. The quantitative estimate of drug-likeness (QED) is 0.871. The van der Waals surface area contributed by atoms with Crippen LogP contribution in [0, 0.1) is 17.2 Å². The summed E-state index contributed by atoms with van der Waals surface area (Å²) in [5.41, 5.74) is 0.895. The first-order valence-corrected chi connectivity index (χ1v) is 8.42. The smallest absolute Gasteiger partial charge is 0.183 e. The van der Waals surface area contributed by atoms with Gasteiger partial charge in [-0.25, -0.2) is 8.42 Å². The van der Waals surface area contributed by atoms with Crippen molar-refractivity contribution in [3.05, 3.63) is 65.2 Å². The topological polar surface area (TPSA) is 57.9 Å². The highest BCUT2D eigenvalue weighted by atomic mass is 35.5. The van der Waals surface area contributed by atoms with E-state index < -0.39 is 21.0 Å². The van der Waals surface area contributed by atoms with E-state index in [0.29, 0.717) is 5.02 Å². The van der Waals surface area contributed by atoms with Crippen molar-refractivity contribution in [1.29, 1.82) is 5.26 Å². The SMILES string of the molecule is N#C[C@H]1[C@@H](c2ccccc2)[C@@H]1S(=O)(=O)c1ccc(Cl)cc1. The van der Waals surface area contributed by atoms with E-state index >= 15 is 0 Å². The largest absolute Gasteiger partial charge is 0.223 e. The highest BCUT2D eigenvalue weighted by molar-refractivity contribution is 7.92. The average molecular weight is 318 g/mol. The first kappa shape index (κ1) is 14.1. The number of hydrogen-bond acceptors (Lipinski definition) is 3. The molecule has 0 spiro atoms. The monoisotopic (exact) mass is 317 g/mol. The predicted octanol–water partition coefficient (Wildman–Crippen LogP) is 3.42. The Morgan fingerprint density at radius 3 is 2.19 bits per heavy atom. The summed E-state index contributed by atoms with van der Waals surface area (Å²) in [6.07, 6.45) is 0. The lowest BCUT2D eigenvalue weighted by molar-refractivity contribution is 0.593. The molecule has 0 saturated heterocycles. The fourth-order valence-electron chi connectivity index (χ4n) is 2.68. The Morgan fingerprint density at radius 1 is 1.00 bits per heavy atom. The maximum atomic E-state index is 12.7. The minimum Gasteiger partial charge on any atom is -0.223 e. The average Bonchev–Trinajstić information content (AvgIpc) is 3.24. The summed E-state index contributed by atoms with van der Waals surface area (Å²) in [4.78, 5) is 0.218. The van der Waals surface area contributed by atoms with Crippen LogP contribution in [-0.2, 0) is 9.84 Å². The molecule has 3 atom stereocenters. The Hall–Kier alpha value is -1.83. The molecule has 0 aromatic heterocycles. The molecule has 0 radical (unpaired) electrons. The molecule has 2 aromatic carbocycles. The third-order valence-electron chi connectivity index (χ3n) is 3.79. The molecule has 3 nitrogen and oxygen atoms in total. The third kappa shape index (κ3) is 2.44. The maximum Gasteiger partial charge on any atom is 0.183 e. The normalized spacial score (nSPS) is 24.3. The van der Waals surface area contributed by atoms with E-state index in [-0.39, 0.29) is 10.8 Å². The van der Waals surface area contributed by atoms with Gasteiger partial charge in [0.15, 0.2) is 9.84 Å². The van der Waals surface area contributed by atoms with Gasteiger partial charge in [-0.1, -0.05) is 41.9 Å². The molecule has 21 heavy (non-hydrogen) atoms. The summed E-state index contributed by atoms with van der Waals surface area (Å²) < 4.78 is 25.3. The maximum absolute atomic E-state index is 12.7. The van der Waals surface area contributed by atoms with Gasteiger partial charge in [0.25, 0.3) is 0 Å². The molecule has 0 heterocycles. The van der Waals surface area contributed by atoms with E-state index in [1.54, 1.807) is 12.1 Å². The standard InChI is InChI=1S/C16H12ClNO2S/c17-12-6-8-13(9-7-12)21(19,20)16-14(10-18)15(16)11-4-2-1-3-5-11/h1-9,14-16H/t14-,15+,16+/m0/s1. The number of nitriles is 1. The highest BCUT2D eigenvalue weighted by Gasteiger charge is 2.59. The molecule has 0 N–H and O–H groups in total. The first-order chi connectivity index (χ1) is 10.1.